The standard InChI is InChI=1S/C19H29N5O.HI/c1-5-20-19(23-15(2)14-25-4)22-12-17-7-6-8-18(11-17)13-24-10-9-21-16(24)3;/h6-11,15H,5,12-14H2,1-4H3,(H2,20,22,23);1H. The molecule has 0 radical (unpaired) electrons. The van der Waals surface area contributed by atoms with Crippen LogP contribution in [0, 0.1) is 6.92 Å². The first-order chi connectivity index (χ1) is 12.1. The summed E-state index contributed by atoms with van der Waals surface area (Å²) in [7, 11) is 1.70. The number of halogens is 1. The van der Waals surface area contributed by atoms with Crippen molar-refractivity contribution in [1.82, 2.24) is 20.2 Å². The second-order valence-electron chi connectivity index (χ2n) is 6.12. The van der Waals surface area contributed by atoms with E-state index in [0.717, 1.165) is 24.9 Å². The highest BCUT2D eigenvalue weighted by Crippen LogP contribution is 2.09. The van der Waals surface area contributed by atoms with Crippen LogP contribution in [0.25, 0.3) is 0 Å². The van der Waals surface area contributed by atoms with Gasteiger partial charge in [0.2, 0.25) is 0 Å². The Hall–Kier alpha value is -1.61. The monoisotopic (exact) mass is 471 g/mol. The summed E-state index contributed by atoms with van der Waals surface area (Å²) in [5.41, 5.74) is 2.44. The summed E-state index contributed by atoms with van der Waals surface area (Å²) >= 11 is 0. The number of imidazole rings is 1. The maximum atomic E-state index is 5.17. The molecule has 0 fully saturated rings. The molecule has 0 bridgehead atoms. The number of rotatable bonds is 8. The van der Waals surface area contributed by atoms with Crippen LogP contribution in [-0.2, 0) is 17.8 Å². The zero-order valence-corrected chi connectivity index (χ0v) is 18.4. The molecule has 1 atom stereocenters. The summed E-state index contributed by atoms with van der Waals surface area (Å²) in [4.78, 5) is 8.95. The van der Waals surface area contributed by atoms with Crippen LogP contribution >= 0.6 is 24.0 Å². The number of aromatic nitrogens is 2. The minimum absolute atomic E-state index is 0. The molecule has 0 aliphatic rings. The fourth-order valence-corrected chi connectivity index (χ4v) is 2.61. The summed E-state index contributed by atoms with van der Waals surface area (Å²) in [6.07, 6.45) is 3.84. The van der Waals surface area contributed by atoms with Gasteiger partial charge in [-0.25, -0.2) is 9.98 Å². The van der Waals surface area contributed by atoms with Crippen molar-refractivity contribution >= 4 is 29.9 Å². The molecule has 0 saturated heterocycles. The van der Waals surface area contributed by atoms with Crippen molar-refractivity contribution in [3.8, 4) is 0 Å². The predicted molar refractivity (Wildman–Crippen MR) is 117 cm³/mol. The van der Waals surface area contributed by atoms with E-state index in [-0.39, 0.29) is 30.0 Å². The smallest absolute Gasteiger partial charge is 0.191 e. The lowest BCUT2D eigenvalue weighted by Gasteiger charge is -2.17. The van der Waals surface area contributed by atoms with Crippen LogP contribution in [0.15, 0.2) is 41.7 Å². The van der Waals surface area contributed by atoms with Crippen molar-refractivity contribution in [2.75, 3.05) is 20.3 Å². The molecule has 2 N–H and O–H groups in total. The minimum atomic E-state index is 0. The van der Waals surface area contributed by atoms with E-state index >= 15 is 0 Å². The molecule has 1 unspecified atom stereocenters. The molecule has 0 aliphatic carbocycles. The number of benzene rings is 1. The molecule has 0 aliphatic heterocycles. The first kappa shape index (κ1) is 22.4. The van der Waals surface area contributed by atoms with Crippen LogP contribution in [0.5, 0.6) is 0 Å². The van der Waals surface area contributed by atoms with Gasteiger partial charge in [0.25, 0.3) is 0 Å². The molecule has 1 heterocycles. The van der Waals surface area contributed by atoms with E-state index in [9.17, 15) is 0 Å². The summed E-state index contributed by atoms with van der Waals surface area (Å²) in [6, 6.07) is 8.73. The third-order valence-electron chi connectivity index (χ3n) is 3.83. The van der Waals surface area contributed by atoms with Gasteiger partial charge in [-0.1, -0.05) is 24.3 Å². The quantitative estimate of drug-likeness (QED) is 0.353. The van der Waals surface area contributed by atoms with Gasteiger partial charge < -0.3 is 19.9 Å². The number of ether oxygens (including phenoxy) is 1. The first-order valence-corrected chi connectivity index (χ1v) is 8.71. The van der Waals surface area contributed by atoms with E-state index < -0.39 is 0 Å². The SMILES string of the molecule is CCNC(=NCc1cccc(Cn2ccnc2C)c1)NC(C)COC.I. The van der Waals surface area contributed by atoms with Crippen molar-refractivity contribution in [3.63, 3.8) is 0 Å². The molecule has 1 aromatic carbocycles. The fraction of sp³-hybridized carbons (Fsp3) is 0.474. The Balaban J connectivity index is 0.00000338. The van der Waals surface area contributed by atoms with Gasteiger partial charge in [0.1, 0.15) is 5.82 Å². The number of nitrogens with one attached hydrogen (secondary N) is 2. The van der Waals surface area contributed by atoms with Gasteiger partial charge >= 0.3 is 0 Å². The first-order valence-electron chi connectivity index (χ1n) is 8.71. The summed E-state index contributed by atoms with van der Waals surface area (Å²) in [6.45, 7) is 9.08. The maximum Gasteiger partial charge on any atom is 0.191 e. The molecular weight excluding hydrogens is 441 g/mol. The maximum absolute atomic E-state index is 5.17. The molecule has 6 nitrogen and oxygen atoms in total. The van der Waals surface area contributed by atoms with Crippen molar-refractivity contribution in [1.29, 1.82) is 0 Å². The number of methoxy groups -OCH3 is 1. The predicted octanol–water partition coefficient (Wildman–Crippen LogP) is 2.95. The van der Waals surface area contributed by atoms with E-state index in [1.807, 2.05) is 19.3 Å². The zero-order valence-electron chi connectivity index (χ0n) is 16.0. The second-order valence-corrected chi connectivity index (χ2v) is 6.12. The van der Waals surface area contributed by atoms with Crippen LogP contribution in [0.1, 0.15) is 30.8 Å². The summed E-state index contributed by atoms with van der Waals surface area (Å²) in [5, 5.41) is 6.62. The number of hydrogen-bond donors (Lipinski definition) is 2. The third kappa shape index (κ3) is 7.33. The van der Waals surface area contributed by atoms with Crippen LogP contribution < -0.4 is 10.6 Å². The Labute approximate surface area is 173 Å². The highest BCUT2D eigenvalue weighted by atomic mass is 127. The molecule has 0 saturated carbocycles. The normalized spacial score (nSPS) is 12.4. The average molecular weight is 471 g/mol. The van der Waals surface area contributed by atoms with Crippen LogP contribution in [0.2, 0.25) is 0 Å². The van der Waals surface area contributed by atoms with E-state index in [1.54, 1.807) is 7.11 Å². The lowest BCUT2D eigenvalue weighted by Crippen LogP contribution is -2.43. The van der Waals surface area contributed by atoms with Gasteiger partial charge in [0.05, 0.1) is 13.2 Å². The molecule has 2 rings (SSSR count). The Morgan fingerprint density at radius 3 is 2.77 bits per heavy atom. The topological polar surface area (TPSA) is 63.5 Å². The van der Waals surface area contributed by atoms with E-state index in [1.165, 1.54) is 11.1 Å². The largest absolute Gasteiger partial charge is 0.383 e. The van der Waals surface area contributed by atoms with E-state index in [4.69, 9.17) is 4.74 Å². The zero-order chi connectivity index (χ0) is 18.1. The number of nitrogens with zero attached hydrogens (tertiary/aromatic N) is 3. The molecule has 7 heteroatoms. The van der Waals surface area contributed by atoms with E-state index in [0.29, 0.717) is 13.2 Å². The highest BCUT2D eigenvalue weighted by Gasteiger charge is 2.05. The van der Waals surface area contributed by atoms with Gasteiger partial charge in [-0.2, -0.15) is 0 Å². The summed E-state index contributed by atoms with van der Waals surface area (Å²) < 4.78 is 7.31. The van der Waals surface area contributed by atoms with Gasteiger partial charge in [-0.15, -0.1) is 24.0 Å². The van der Waals surface area contributed by atoms with Gasteiger partial charge in [-0.3, -0.25) is 0 Å². The van der Waals surface area contributed by atoms with Crippen LogP contribution in [-0.4, -0.2) is 41.8 Å². The molecule has 0 spiro atoms. The Bertz CT molecular complexity index is 686. The Kier molecular flexibility index (Phi) is 10.3. The fourth-order valence-electron chi connectivity index (χ4n) is 2.61. The molecule has 26 heavy (non-hydrogen) atoms. The average Bonchev–Trinajstić information content (AvgIpc) is 2.98. The number of guanidine groups is 1. The third-order valence-corrected chi connectivity index (χ3v) is 3.83. The Morgan fingerprint density at radius 2 is 2.12 bits per heavy atom. The van der Waals surface area contributed by atoms with Crippen LogP contribution in [0.3, 0.4) is 0 Å². The molecule has 2 aromatic rings. The lowest BCUT2D eigenvalue weighted by molar-refractivity contribution is 0.179. The van der Waals surface area contributed by atoms with Crippen molar-refractivity contribution in [3.05, 3.63) is 53.6 Å². The van der Waals surface area contributed by atoms with Crippen molar-refractivity contribution in [2.24, 2.45) is 4.99 Å². The number of aryl methyl sites for hydroxylation is 1. The van der Waals surface area contributed by atoms with Gasteiger partial charge in [0, 0.05) is 38.6 Å². The van der Waals surface area contributed by atoms with Crippen molar-refractivity contribution in [2.45, 2.75) is 39.9 Å². The molecule has 144 valence electrons. The Morgan fingerprint density at radius 1 is 1.35 bits per heavy atom. The lowest BCUT2D eigenvalue weighted by atomic mass is 10.1. The minimum Gasteiger partial charge on any atom is -0.383 e. The van der Waals surface area contributed by atoms with Gasteiger partial charge in [0.15, 0.2) is 5.96 Å². The molecule has 1 aromatic heterocycles. The summed E-state index contributed by atoms with van der Waals surface area (Å²) in [5.74, 6) is 1.83. The highest BCUT2D eigenvalue weighted by molar-refractivity contribution is 14.0. The van der Waals surface area contributed by atoms with E-state index in [2.05, 4.69) is 63.3 Å². The van der Waals surface area contributed by atoms with Crippen LogP contribution in [0.4, 0.5) is 0 Å². The van der Waals surface area contributed by atoms with Crippen molar-refractivity contribution < 1.29 is 4.74 Å². The van der Waals surface area contributed by atoms with Gasteiger partial charge in [-0.05, 0) is 31.9 Å². The molecule has 0 amide bonds. The number of aliphatic imine (C=N–C) groups is 1. The second kappa shape index (κ2) is 11.9. The number of hydrogen-bond acceptors (Lipinski definition) is 3. The molecular formula is C19H30IN5O.